The Hall–Kier alpha value is 0.760. The van der Waals surface area contributed by atoms with Crippen molar-refractivity contribution in [3.05, 3.63) is 10.2 Å². The molecule has 11 heavy (non-hydrogen) atoms. The van der Waals surface area contributed by atoms with Crippen LogP contribution in [0.4, 0.5) is 0 Å². The average Bonchev–Trinajstić information content (AvgIpc) is 1.99. The molecule has 1 unspecified atom stereocenters. The van der Waals surface area contributed by atoms with Gasteiger partial charge >= 0.3 is 0 Å². The van der Waals surface area contributed by atoms with E-state index in [-0.39, 0.29) is 5.38 Å². The highest BCUT2D eigenvalue weighted by atomic mass is 127. The van der Waals surface area contributed by atoms with Gasteiger partial charge < -0.3 is 0 Å². The van der Waals surface area contributed by atoms with Crippen molar-refractivity contribution in [2.45, 2.75) is 44.4 Å². The van der Waals surface area contributed by atoms with Gasteiger partial charge in [0.15, 0.2) is 0 Å². The van der Waals surface area contributed by atoms with Crippen molar-refractivity contribution in [1.82, 2.24) is 0 Å². The summed E-state index contributed by atoms with van der Waals surface area (Å²) in [6, 6.07) is 0. The molecule has 0 bridgehead atoms. The van der Waals surface area contributed by atoms with Crippen LogP contribution in [0.25, 0.3) is 0 Å². The Morgan fingerprint density at radius 2 is 2.09 bits per heavy atom. The van der Waals surface area contributed by atoms with E-state index in [0.717, 1.165) is 6.42 Å². The standard InChI is InChI=1S/C9H16ClI/c1-2-3-4-5-6-9(10)7-8-11/h7-9H,2-6H2,1H3/b8-7-. The van der Waals surface area contributed by atoms with Crippen molar-refractivity contribution in [3.63, 3.8) is 0 Å². The largest absolute Gasteiger partial charge is 0.118 e. The molecular formula is C9H16ClI. The van der Waals surface area contributed by atoms with E-state index in [2.05, 4.69) is 29.5 Å². The number of rotatable bonds is 6. The smallest absolute Gasteiger partial charge is 0.0523 e. The van der Waals surface area contributed by atoms with Gasteiger partial charge in [-0.05, 0) is 10.5 Å². The van der Waals surface area contributed by atoms with Gasteiger partial charge in [-0.3, -0.25) is 0 Å². The van der Waals surface area contributed by atoms with Crippen LogP contribution in [-0.4, -0.2) is 5.38 Å². The molecule has 0 N–H and O–H groups in total. The van der Waals surface area contributed by atoms with Crippen LogP contribution in [0.2, 0.25) is 0 Å². The van der Waals surface area contributed by atoms with Gasteiger partial charge in [0.1, 0.15) is 0 Å². The molecular weight excluding hydrogens is 270 g/mol. The maximum atomic E-state index is 5.97. The Kier molecular flexibility index (Phi) is 9.46. The molecule has 0 aromatic rings. The fourth-order valence-electron chi connectivity index (χ4n) is 0.941. The van der Waals surface area contributed by atoms with Crippen LogP contribution < -0.4 is 0 Å². The van der Waals surface area contributed by atoms with Crippen LogP contribution in [0.15, 0.2) is 10.2 Å². The first kappa shape index (κ1) is 11.8. The van der Waals surface area contributed by atoms with E-state index in [4.69, 9.17) is 11.6 Å². The second-order valence-corrected chi connectivity index (χ2v) is 3.96. The second-order valence-electron chi connectivity index (χ2n) is 2.68. The lowest BCUT2D eigenvalue weighted by molar-refractivity contribution is 0.640. The van der Waals surface area contributed by atoms with E-state index in [1.54, 1.807) is 0 Å². The van der Waals surface area contributed by atoms with E-state index in [1.807, 2.05) is 10.2 Å². The molecule has 0 saturated carbocycles. The van der Waals surface area contributed by atoms with Crippen LogP contribution in [0.5, 0.6) is 0 Å². The van der Waals surface area contributed by atoms with Gasteiger partial charge in [0.05, 0.1) is 5.38 Å². The van der Waals surface area contributed by atoms with Crippen molar-refractivity contribution in [2.75, 3.05) is 0 Å². The molecule has 66 valence electrons. The number of unbranched alkanes of at least 4 members (excludes halogenated alkanes) is 3. The zero-order chi connectivity index (χ0) is 8.53. The first-order valence-corrected chi connectivity index (χ1v) is 5.90. The van der Waals surface area contributed by atoms with Gasteiger partial charge in [-0.15, -0.1) is 11.6 Å². The topological polar surface area (TPSA) is 0 Å². The van der Waals surface area contributed by atoms with Crippen LogP contribution in [-0.2, 0) is 0 Å². The Morgan fingerprint density at radius 3 is 2.64 bits per heavy atom. The van der Waals surface area contributed by atoms with Crippen molar-refractivity contribution in [3.8, 4) is 0 Å². The number of alkyl halides is 1. The van der Waals surface area contributed by atoms with E-state index >= 15 is 0 Å². The Morgan fingerprint density at radius 1 is 1.36 bits per heavy atom. The Bertz CT molecular complexity index is 102. The van der Waals surface area contributed by atoms with Crippen molar-refractivity contribution in [1.29, 1.82) is 0 Å². The zero-order valence-corrected chi connectivity index (χ0v) is 9.94. The quantitative estimate of drug-likeness (QED) is 0.383. The molecule has 0 radical (unpaired) electrons. The maximum Gasteiger partial charge on any atom is 0.0523 e. The molecule has 0 nitrogen and oxygen atoms in total. The van der Waals surface area contributed by atoms with Crippen molar-refractivity contribution in [2.24, 2.45) is 0 Å². The molecule has 0 saturated heterocycles. The maximum absolute atomic E-state index is 5.97. The summed E-state index contributed by atoms with van der Waals surface area (Å²) in [4.78, 5) is 0. The first-order chi connectivity index (χ1) is 5.31. The summed E-state index contributed by atoms with van der Waals surface area (Å²) in [7, 11) is 0. The molecule has 0 amide bonds. The highest BCUT2D eigenvalue weighted by Gasteiger charge is 1.97. The fourth-order valence-corrected chi connectivity index (χ4v) is 1.91. The third kappa shape index (κ3) is 8.67. The summed E-state index contributed by atoms with van der Waals surface area (Å²) in [6.07, 6.45) is 8.42. The molecule has 0 aliphatic heterocycles. The minimum absolute atomic E-state index is 0.253. The molecule has 0 aliphatic rings. The summed E-state index contributed by atoms with van der Waals surface area (Å²) in [5, 5.41) is 0.253. The summed E-state index contributed by atoms with van der Waals surface area (Å²) >= 11 is 8.17. The SMILES string of the molecule is CCCCCCC(Cl)/C=C\I. The van der Waals surface area contributed by atoms with E-state index in [0.29, 0.717) is 0 Å². The van der Waals surface area contributed by atoms with Crippen LogP contribution in [0.1, 0.15) is 39.0 Å². The fraction of sp³-hybridized carbons (Fsp3) is 0.778. The molecule has 0 aromatic carbocycles. The van der Waals surface area contributed by atoms with Gasteiger partial charge in [-0.1, -0.05) is 61.3 Å². The van der Waals surface area contributed by atoms with Crippen LogP contribution >= 0.6 is 34.2 Å². The predicted molar refractivity (Wildman–Crippen MR) is 61.6 cm³/mol. The number of allylic oxidation sites excluding steroid dienone is 1. The zero-order valence-electron chi connectivity index (χ0n) is 7.02. The minimum atomic E-state index is 0.253. The van der Waals surface area contributed by atoms with Gasteiger partial charge in [0.25, 0.3) is 0 Å². The van der Waals surface area contributed by atoms with Crippen molar-refractivity contribution >= 4 is 34.2 Å². The van der Waals surface area contributed by atoms with E-state index < -0.39 is 0 Å². The summed E-state index contributed by atoms with van der Waals surface area (Å²) in [5.74, 6) is 0. The van der Waals surface area contributed by atoms with Crippen molar-refractivity contribution < 1.29 is 0 Å². The van der Waals surface area contributed by atoms with Crippen LogP contribution in [0.3, 0.4) is 0 Å². The van der Waals surface area contributed by atoms with Gasteiger partial charge in [-0.2, -0.15) is 0 Å². The molecule has 0 heterocycles. The molecule has 0 fully saturated rings. The van der Waals surface area contributed by atoms with E-state index in [9.17, 15) is 0 Å². The lowest BCUT2D eigenvalue weighted by Crippen LogP contribution is -1.92. The molecule has 0 spiro atoms. The monoisotopic (exact) mass is 286 g/mol. The van der Waals surface area contributed by atoms with Gasteiger partial charge in [0.2, 0.25) is 0 Å². The number of hydrogen-bond donors (Lipinski definition) is 0. The Balaban J connectivity index is 3.10. The summed E-state index contributed by atoms with van der Waals surface area (Å²) in [5.41, 5.74) is 0. The van der Waals surface area contributed by atoms with Crippen LogP contribution in [0, 0.1) is 0 Å². The van der Waals surface area contributed by atoms with Gasteiger partial charge in [0, 0.05) is 0 Å². The van der Waals surface area contributed by atoms with Gasteiger partial charge in [-0.25, -0.2) is 0 Å². The third-order valence-electron chi connectivity index (χ3n) is 1.62. The highest BCUT2D eigenvalue weighted by molar-refractivity contribution is 14.1. The normalized spacial score (nSPS) is 14.1. The second kappa shape index (κ2) is 8.85. The van der Waals surface area contributed by atoms with E-state index in [1.165, 1.54) is 25.7 Å². The molecule has 2 heteroatoms. The third-order valence-corrected chi connectivity index (χ3v) is 2.39. The average molecular weight is 287 g/mol. The summed E-state index contributed by atoms with van der Waals surface area (Å²) in [6.45, 7) is 2.23. The lowest BCUT2D eigenvalue weighted by Gasteiger charge is -2.01. The first-order valence-electron chi connectivity index (χ1n) is 4.22. The lowest BCUT2D eigenvalue weighted by atomic mass is 10.1. The Labute approximate surface area is 88.5 Å². The predicted octanol–water partition coefficient (Wildman–Crippen LogP) is 4.51. The number of hydrogen-bond acceptors (Lipinski definition) is 0. The number of halogens is 2. The summed E-state index contributed by atoms with van der Waals surface area (Å²) < 4.78 is 2.00. The molecule has 1 atom stereocenters. The molecule has 0 aliphatic carbocycles. The minimum Gasteiger partial charge on any atom is -0.118 e. The highest BCUT2D eigenvalue weighted by Crippen LogP contribution is 2.11. The molecule has 0 aromatic heterocycles. The molecule has 0 rings (SSSR count).